The number of halogens is 2. The van der Waals surface area contributed by atoms with Crippen molar-refractivity contribution in [3.05, 3.63) is 29.8 Å². The fraction of sp³-hybridized carbons (Fsp3) is 0.111. The quantitative estimate of drug-likeness (QED) is 0.202. The molecule has 0 heterocycles. The summed E-state index contributed by atoms with van der Waals surface area (Å²) in [4.78, 5) is 8.41. The molecule has 0 aliphatic rings. The molecule has 0 aliphatic heterocycles. The van der Waals surface area contributed by atoms with Gasteiger partial charge >= 0.3 is 121 Å². The van der Waals surface area contributed by atoms with Gasteiger partial charge in [-0.3, -0.25) is 0 Å². The van der Waals surface area contributed by atoms with Crippen LogP contribution in [0.25, 0.3) is 0 Å². The average Bonchev–Trinajstić information content (AvgIpc) is 2.37. The Bertz CT molecular complexity index is 426. The summed E-state index contributed by atoms with van der Waals surface area (Å²) < 4.78 is 10.4. The zero-order valence-electron chi connectivity index (χ0n) is 8.79. The number of nitrogens with one attached hydrogen (secondary N) is 1. The topological polar surface area (TPSA) is 99.3 Å². The van der Waals surface area contributed by atoms with Crippen molar-refractivity contribution >= 4 is 35.2 Å². The van der Waals surface area contributed by atoms with Crippen LogP contribution in [-0.2, 0) is 6.54 Å². The van der Waals surface area contributed by atoms with Crippen LogP contribution in [-0.4, -0.2) is 8.44 Å². The van der Waals surface area contributed by atoms with Crippen molar-refractivity contribution in [2.45, 2.75) is 6.54 Å². The molecule has 0 amide bonds. The van der Waals surface area contributed by atoms with Crippen LogP contribution in [0.2, 0.25) is 0 Å². The van der Waals surface area contributed by atoms with E-state index < -0.39 is 42.5 Å². The zero-order chi connectivity index (χ0) is 12.3. The summed E-state index contributed by atoms with van der Waals surface area (Å²) >= 11 is -0.986. The van der Waals surface area contributed by atoms with Crippen molar-refractivity contribution < 1.29 is 21.5 Å². The predicted molar refractivity (Wildman–Crippen MR) is 72.6 cm³/mol. The molecule has 0 bridgehead atoms. The maximum absolute atomic E-state index is 6.67. The Morgan fingerprint density at radius 2 is 2.12 bits per heavy atom. The molecule has 0 atom stereocenters. The molecule has 0 aromatic heterocycles. The number of nitrogens with two attached hydrogens (primary N) is 1. The average molecular weight is 457 g/mol. The Kier molecular flexibility index (Phi) is 8.00. The van der Waals surface area contributed by atoms with E-state index in [9.17, 15) is 0 Å². The van der Waals surface area contributed by atoms with Gasteiger partial charge in [0.15, 0.2) is 0 Å². The van der Waals surface area contributed by atoms with E-state index >= 15 is 0 Å². The van der Waals surface area contributed by atoms with Crippen LogP contribution in [0, 0.1) is 5.53 Å². The van der Waals surface area contributed by atoms with E-state index in [1.54, 1.807) is 8.44 Å². The molecule has 0 fully saturated rings. The molecule has 0 radical (unpaired) electrons. The summed E-state index contributed by atoms with van der Waals surface area (Å²) in [6.45, 7) is 0.647. The summed E-state index contributed by atoms with van der Waals surface area (Å²) in [5.74, 6) is 5.03. The van der Waals surface area contributed by atoms with Crippen LogP contribution in [0.3, 0.4) is 0 Å². The second kappa shape index (κ2) is 9.41. The first-order valence-electron chi connectivity index (χ1n) is 4.49. The second-order valence-electron chi connectivity index (χ2n) is 2.71. The van der Waals surface area contributed by atoms with Crippen molar-refractivity contribution in [2.75, 3.05) is 0 Å². The van der Waals surface area contributed by atoms with Gasteiger partial charge in [0.05, 0.1) is 0 Å². The standard InChI is InChI=1S/C9H11I2N6/c12-16-10-6-14-5-8-1-3-9(4-2-8)15-7-11-17-13/h1-4,6-7,13H,5,12H2/q-1. The van der Waals surface area contributed by atoms with Gasteiger partial charge in [-0.1, -0.05) is 0 Å². The van der Waals surface area contributed by atoms with Gasteiger partial charge in [0.2, 0.25) is 0 Å². The van der Waals surface area contributed by atoms with Crippen molar-refractivity contribution in [1.29, 1.82) is 5.53 Å². The first kappa shape index (κ1) is 14.4. The molecule has 0 unspecified atom stereocenters. The van der Waals surface area contributed by atoms with Gasteiger partial charge in [0.25, 0.3) is 0 Å². The Morgan fingerprint density at radius 3 is 2.76 bits per heavy atom. The van der Waals surface area contributed by atoms with E-state index in [4.69, 9.17) is 11.4 Å². The zero-order valence-corrected chi connectivity index (χ0v) is 13.1. The van der Waals surface area contributed by atoms with Gasteiger partial charge in [0, 0.05) is 0 Å². The van der Waals surface area contributed by atoms with Gasteiger partial charge in [-0.2, -0.15) is 0 Å². The normalized spacial score (nSPS) is 12.5. The molecule has 0 saturated carbocycles. The summed E-state index contributed by atoms with van der Waals surface area (Å²) in [6.07, 6.45) is 0. The van der Waals surface area contributed by atoms with E-state index in [0.717, 1.165) is 11.3 Å². The number of aliphatic imine (C=N–C) groups is 2. The minimum atomic E-state index is -0.562. The number of hydrogen-bond donors (Lipinski definition) is 2. The molecular formula is C9H11I2N6-. The first-order valence-corrected chi connectivity index (χ1v) is 8.91. The fourth-order valence-corrected chi connectivity index (χ4v) is 2.07. The number of nitrogens with zero attached hydrogens (tertiary/aromatic N) is 4. The molecule has 0 spiro atoms. The van der Waals surface area contributed by atoms with Gasteiger partial charge in [-0.05, 0) is 0 Å². The van der Waals surface area contributed by atoms with Crippen LogP contribution in [0.4, 0.5) is 5.69 Å². The Morgan fingerprint density at radius 1 is 1.35 bits per heavy atom. The third-order valence-corrected chi connectivity index (χ3v) is 3.44. The summed E-state index contributed by atoms with van der Waals surface area (Å²) in [5, 5.41) is 0. The maximum atomic E-state index is 6.67. The molecule has 1 rings (SSSR count). The fourth-order valence-electron chi connectivity index (χ4n) is 0.983. The monoisotopic (exact) mass is 457 g/mol. The molecule has 3 N–H and O–H groups in total. The Balaban J connectivity index is 2.52. The van der Waals surface area contributed by atoms with Gasteiger partial charge in [-0.25, -0.2) is 0 Å². The van der Waals surface area contributed by atoms with E-state index in [-0.39, 0.29) is 0 Å². The van der Waals surface area contributed by atoms with E-state index in [2.05, 4.69) is 16.6 Å². The van der Waals surface area contributed by atoms with Gasteiger partial charge in [0.1, 0.15) is 0 Å². The molecule has 92 valence electrons. The SMILES string of the molecule is N=N[I-]C=Nc1ccc(CN=CI=NN)cc1. The molecule has 1 aromatic rings. The molecule has 0 aliphatic carbocycles. The van der Waals surface area contributed by atoms with Crippen molar-refractivity contribution in [3.63, 3.8) is 0 Å². The third kappa shape index (κ3) is 6.63. The molecule has 17 heavy (non-hydrogen) atoms. The van der Waals surface area contributed by atoms with Crippen LogP contribution in [0.5, 0.6) is 0 Å². The summed E-state index contributed by atoms with van der Waals surface area (Å²) in [7, 11) is 0. The third-order valence-electron chi connectivity index (χ3n) is 1.67. The van der Waals surface area contributed by atoms with Gasteiger partial charge in [-0.15, -0.1) is 0 Å². The molecule has 0 saturated heterocycles. The van der Waals surface area contributed by atoms with Crippen molar-refractivity contribution in [3.8, 4) is 0 Å². The molecule has 6 nitrogen and oxygen atoms in total. The van der Waals surface area contributed by atoms with Crippen LogP contribution >= 0.6 is 21.0 Å². The second-order valence-corrected chi connectivity index (χ2v) is 5.98. The number of rotatable bonds is 6. The molecule has 8 heteroatoms. The summed E-state index contributed by atoms with van der Waals surface area (Å²) in [5.41, 5.74) is 8.67. The predicted octanol–water partition coefficient (Wildman–Crippen LogP) is -0.0623. The minimum absolute atomic E-state index is 0.424. The molecular weight excluding hydrogens is 446 g/mol. The molecule has 1 aromatic carbocycles. The summed E-state index contributed by atoms with van der Waals surface area (Å²) in [6, 6.07) is 7.82. The van der Waals surface area contributed by atoms with Crippen molar-refractivity contribution in [2.24, 2.45) is 22.4 Å². The van der Waals surface area contributed by atoms with Crippen LogP contribution in [0.1, 0.15) is 5.56 Å². The van der Waals surface area contributed by atoms with Crippen LogP contribution < -0.4 is 27.3 Å². The van der Waals surface area contributed by atoms with E-state index in [1.807, 2.05) is 24.3 Å². The van der Waals surface area contributed by atoms with Crippen molar-refractivity contribution in [1.82, 2.24) is 0 Å². The van der Waals surface area contributed by atoms with Gasteiger partial charge < -0.3 is 0 Å². The Hall–Kier alpha value is -0.620. The first-order chi connectivity index (χ1) is 8.36. The van der Waals surface area contributed by atoms with Crippen LogP contribution in [0.15, 0.2) is 40.8 Å². The number of benzene rings is 1. The van der Waals surface area contributed by atoms with E-state index in [0.29, 0.717) is 6.54 Å². The number of hydrogen-bond acceptors (Lipinski definition) is 6. The van der Waals surface area contributed by atoms with E-state index in [1.165, 1.54) is 0 Å². The Labute approximate surface area is 120 Å².